The topological polar surface area (TPSA) is 66.3 Å². The van der Waals surface area contributed by atoms with Crippen LogP contribution in [0.1, 0.15) is 35.4 Å². The molecule has 1 aromatic rings. The fraction of sp³-hybridized carbons (Fsp3) is 0.583. The lowest BCUT2D eigenvalue weighted by atomic mass is 10.2. The number of aromatic nitrogens is 2. The Kier molecular flexibility index (Phi) is 5.56. The molecule has 0 saturated carbocycles. The van der Waals surface area contributed by atoms with Crippen molar-refractivity contribution < 1.29 is 9.90 Å². The van der Waals surface area contributed by atoms with Crippen molar-refractivity contribution in [3.05, 3.63) is 23.8 Å². The summed E-state index contributed by atoms with van der Waals surface area (Å²) in [4.78, 5) is 21.6. The van der Waals surface area contributed by atoms with Crippen molar-refractivity contribution in [2.24, 2.45) is 0 Å². The summed E-state index contributed by atoms with van der Waals surface area (Å²) in [5.41, 5.74) is 1.17. The summed E-state index contributed by atoms with van der Waals surface area (Å²) in [5.74, 6) is -0.110. The number of aryl methyl sites for hydroxylation is 1. The Bertz CT molecular complexity index is 351. The highest BCUT2D eigenvalue weighted by Gasteiger charge is 2.12. The van der Waals surface area contributed by atoms with Gasteiger partial charge in [0.25, 0.3) is 5.91 Å². The first-order chi connectivity index (χ1) is 8.15. The quantitative estimate of drug-likeness (QED) is 0.750. The molecule has 0 saturated heterocycles. The second-order valence-electron chi connectivity index (χ2n) is 4.05. The average Bonchev–Trinajstić information content (AvgIpc) is 2.34. The zero-order chi connectivity index (χ0) is 12.7. The Morgan fingerprint density at radius 2 is 2.06 bits per heavy atom. The number of nitrogens with zero attached hydrogens (tertiary/aromatic N) is 3. The standard InChI is InChI=1S/C12H19N3O2/c1-10-8-14-11(9-13-10)12(17)15(2)6-4-3-5-7-16/h8-9,16H,3-7H2,1-2H3. The summed E-state index contributed by atoms with van der Waals surface area (Å²) >= 11 is 0. The van der Waals surface area contributed by atoms with E-state index in [9.17, 15) is 4.79 Å². The van der Waals surface area contributed by atoms with Gasteiger partial charge in [-0.3, -0.25) is 9.78 Å². The Labute approximate surface area is 102 Å². The zero-order valence-corrected chi connectivity index (χ0v) is 10.4. The molecule has 1 aromatic heterocycles. The predicted octanol–water partition coefficient (Wildman–Crippen LogP) is 1.02. The van der Waals surface area contributed by atoms with Crippen molar-refractivity contribution in [1.29, 1.82) is 0 Å². The lowest BCUT2D eigenvalue weighted by Crippen LogP contribution is -2.28. The van der Waals surface area contributed by atoms with E-state index in [0.29, 0.717) is 12.2 Å². The summed E-state index contributed by atoms with van der Waals surface area (Å²) < 4.78 is 0. The minimum Gasteiger partial charge on any atom is -0.396 e. The van der Waals surface area contributed by atoms with E-state index in [-0.39, 0.29) is 12.5 Å². The summed E-state index contributed by atoms with van der Waals surface area (Å²) in [6.45, 7) is 2.72. The lowest BCUT2D eigenvalue weighted by Gasteiger charge is -2.16. The molecule has 1 heterocycles. The molecule has 0 radical (unpaired) electrons. The van der Waals surface area contributed by atoms with Crippen LogP contribution < -0.4 is 0 Å². The van der Waals surface area contributed by atoms with E-state index in [4.69, 9.17) is 5.11 Å². The van der Waals surface area contributed by atoms with Crippen LogP contribution in [0.2, 0.25) is 0 Å². The van der Waals surface area contributed by atoms with Crippen molar-refractivity contribution in [2.75, 3.05) is 20.2 Å². The maximum atomic E-state index is 11.9. The van der Waals surface area contributed by atoms with Gasteiger partial charge in [-0.05, 0) is 26.2 Å². The Morgan fingerprint density at radius 1 is 1.29 bits per heavy atom. The molecule has 0 aliphatic carbocycles. The van der Waals surface area contributed by atoms with E-state index in [1.807, 2.05) is 6.92 Å². The molecule has 94 valence electrons. The molecule has 0 unspecified atom stereocenters. The van der Waals surface area contributed by atoms with Gasteiger partial charge in [0.05, 0.1) is 11.9 Å². The fourth-order valence-electron chi connectivity index (χ4n) is 1.44. The molecule has 0 aliphatic heterocycles. The summed E-state index contributed by atoms with van der Waals surface area (Å²) in [5, 5.41) is 8.65. The van der Waals surface area contributed by atoms with Gasteiger partial charge in [-0.15, -0.1) is 0 Å². The number of aliphatic hydroxyl groups is 1. The van der Waals surface area contributed by atoms with Crippen LogP contribution in [-0.4, -0.2) is 46.1 Å². The van der Waals surface area contributed by atoms with Crippen molar-refractivity contribution in [1.82, 2.24) is 14.9 Å². The van der Waals surface area contributed by atoms with E-state index in [0.717, 1.165) is 25.0 Å². The van der Waals surface area contributed by atoms with E-state index >= 15 is 0 Å². The van der Waals surface area contributed by atoms with Gasteiger partial charge in [0.2, 0.25) is 0 Å². The highest BCUT2D eigenvalue weighted by Crippen LogP contribution is 2.02. The van der Waals surface area contributed by atoms with Gasteiger partial charge in [0.15, 0.2) is 0 Å². The molecule has 0 bridgehead atoms. The van der Waals surface area contributed by atoms with Crippen LogP contribution in [-0.2, 0) is 0 Å². The normalized spacial score (nSPS) is 10.3. The van der Waals surface area contributed by atoms with Crippen LogP contribution in [0, 0.1) is 6.92 Å². The molecular weight excluding hydrogens is 218 g/mol. The van der Waals surface area contributed by atoms with Crippen molar-refractivity contribution in [3.63, 3.8) is 0 Å². The van der Waals surface area contributed by atoms with Crippen LogP contribution in [0.3, 0.4) is 0 Å². The van der Waals surface area contributed by atoms with Crippen LogP contribution in [0.4, 0.5) is 0 Å². The average molecular weight is 237 g/mol. The molecule has 17 heavy (non-hydrogen) atoms. The minimum absolute atomic E-state index is 0.110. The van der Waals surface area contributed by atoms with Gasteiger partial charge in [-0.2, -0.15) is 0 Å². The predicted molar refractivity (Wildman–Crippen MR) is 64.7 cm³/mol. The smallest absolute Gasteiger partial charge is 0.273 e. The van der Waals surface area contributed by atoms with Crippen molar-refractivity contribution in [2.45, 2.75) is 26.2 Å². The Hall–Kier alpha value is -1.49. The first-order valence-electron chi connectivity index (χ1n) is 5.80. The number of amides is 1. The van der Waals surface area contributed by atoms with Crippen molar-refractivity contribution >= 4 is 5.91 Å². The molecule has 0 spiro atoms. The van der Waals surface area contributed by atoms with E-state index < -0.39 is 0 Å². The molecule has 0 aromatic carbocycles. The summed E-state index contributed by atoms with van der Waals surface area (Å²) in [6, 6.07) is 0. The fourth-order valence-corrected chi connectivity index (χ4v) is 1.44. The molecule has 5 nitrogen and oxygen atoms in total. The Morgan fingerprint density at radius 3 is 2.65 bits per heavy atom. The van der Waals surface area contributed by atoms with Crippen LogP contribution in [0.5, 0.6) is 0 Å². The van der Waals surface area contributed by atoms with Gasteiger partial charge >= 0.3 is 0 Å². The number of hydrogen-bond donors (Lipinski definition) is 1. The third-order valence-corrected chi connectivity index (χ3v) is 2.50. The highest BCUT2D eigenvalue weighted by molar-refractivity contribution is 5.91. The number of carbonyl (C=O) groups is 1. The summed E-state index contributed by atoms with van der Waals surface area (Å²) in [6.07, 6.45) is 5.69. The van der Waals surface area contributed by atoms with E-state index in [1.54, 1.807) is 18.1 Å². The zero-order valence-electron chi connectivity index (χ0n) is 10.4. The maximum absolute atomic E-state index is 11.9. The molecule has 0 fully saturated rings. The van der Waals surface area contributed by atoms with Gasteiger partial charge in [0.1, 0.15) is 5.69 Å². The first-order valence-corrected chi connectivity index (χ1v) is 5.80. The van der Waals surface area contributed by atoms with Gasteiger partial charge in [-0.25, -0.2) is 4.98 Å². The lowest BCUT2D eigenvalue weighted by molar-refractivity contribution is 0.0786. The number of unbranched alkanes of at least 4 members (excludes halogenated alkanes) is 2. The number of aliphatic hydroxyl groups excluding tert-OH is 1. The number of hydrogen-bond acceptors (Lipinski definition) is 4. The number of rotatable bonds is 6. The first kappa shape index (κ1) is 13.6. The van der Waals surface area contributed by atoms with Crippen LogP contribution in [0.25, 0.3) is 0 Å². The van der Waals surface area contributed by atoms with Gasteiger partial charge in [-0.1, -0.05) is 0 Å². The SMILES string of the molecule is Cc1cnc(C(=O)N(C)CCCCCO)cn1. The largest absolute Gasteiger partial charge is 0.396 e. The van der Waals surface area contributed by atoms with E-state index in [2.05, 4.69) is 9.97 Å². The third kappa shape index (κ3) is 4.48. The molecule has 1 amide bonds. The molecule has 0 aliphatic rings. The molecule has 1 N–H and O–H groups in total. The molecule has 1 rings (SSSR count). The number of carbonyl (C=O) groups excluding carboxylic acids is 1. The van der Waals surface area contributed by atoms with Crippen molar-refractivity contribution in [3.8, 4) is 0 Å². The molecular formula is C12H19N3O2. The third-order valence-electron chi connectivity index (χ3n) is 2.50. The maximum Gasteiger partial charge on any atom is 0.273 e. The van der Waals surface area contributed by atoms with Gasteiger partial charge < -0.3 is 10.0 Å². The monoisotopic (exact) mass is 237 g/mol. The second kappa shape index (κ2) is 6.96. The van der Waals surface area contributed by atoms with Gasteiger partial charge in [0, 0.05) is 26.4 Å². The second-order valence-corrected chi connectivity index (χ2v) is 4.05. The molecule has 0 atom stereocenters. The van der Waals surface area contributed by atoms with Crippen LogP contribution in [0.15, 0.2) is 12.4 Å². The highest BCUT2D eigenvalue weighted by atomic mass is 16.2. The minimum atomic E-state index is -0.110. The van der Waals surface area contributed by atoms with Crippen LogP contribution >= 0.6 is 0 Å². The molecule has 5 heteroatoms. The summed E-state index contributed by atoms with van der Waals surface area (Å²) in [7, 11) is 1.75. The Balaban J connectivity index is 2.43. The van der Waals surface area contributed by atoms with E-state index in [1.165, 1.54) is 6.20 Å².